The second-order valence-electron chi connectivity index (χ2n) is 8.17. The number of para-hydroxylation sites is 2. The summed E-state index contributed by atoms with van der Waals surface area (Å²) in [5.41, 5.74) is 2.09. The highest BCUT2D eigenvalue weighted by Gasteiger charge is 2.32. The van der Waals surface area contributed by atoms with Crippen LogP contribution >= 0.6 is 11.8 Å². The molecule has 10 nitrogen and oxygen atoms in total. The van der Waals surface area contributed by atoms with E-state index in [2.05, 4.69) is 15.5 Å². The van der Waals surface area contributed by atoms with Crippen LogP contribution in [0.25, 0.3) is 0 Å². The quantitative estimate of drug-likeness (QED) is 0.272. The molecule has 2 N–H and O–H groups in total. The number of hydrogen-bond acceptors (Lipinski definition) is 8. The van der Waals surface area contributed by atoms with Crippen molar-refractivity contribution >= 4 is 52.3 Å². The normalized spacial score (nSPS) is 15.8. The zero-order valence-electron chi connectivity index (χ0n) is 21.0. The maximum absolute atomic E-state index is 13.3. The van der Waals surface area contributed by atoms with Crippen LogP contribution in [0.1, 0.15) is 18.9 Å². The number of ether oxygens (including phenoxy) is 2. The van der Waals surface area contributed by atoms with E-state index in [1.54, 1.807) is 23.1 Å². The Balaban J connectivity index is 1.45. The summed E-state index contributed by atoms with van der Waals surface area (Å²) in [6, 6.07) is 23.8. The van der Waals surface area contributed by atoms with Crippen LogP contribution in [0.3, 0.4) is 0 Å². The number of hydrogen-bond donors (Lipinski definition) is 2. The molecule has 4 rings (SSSR count). The van der Waals surface area contributed by atoms with E-state index >= 15 is 0 Å². The number of benzene rings is 3. The third-order valence-electron chi connectivity index (χ3n) is 5.39. The van der Waals surface area contributed by atoms with Crippen molar-refractivity contribution in [1.82, 2.24) is 5.32 Å². The standard InChI is InChI=1S/C28H26N4O6S/c1-2-37-23-15-19(17-29-31-28-30-27(36)24(39-28)16-26(34)35)13-14-22(23)38-18-25(33)32(20-9-5-3-6-10-20)21-11-7-4-8-12-21/h3-15,17,24H,2,16,18H2,1H3,(H,34,35)(H,30,31,36). The molecule has 0 aromatic heterocycles. The number of anilines is 2. The fourth-order valence-corrected chi connectivity index (χ4v) is 4.60. The van der Waals surface area contributed by atoms with Crippen molar-refractivity contribution in [3.05, 3.63) is 84.4 Å². The molecule has 0 spiro atoms. The minimum atomic E-state index is -1.06. The molecule has 200 valence electrons. The molecule has 3 aromatic rings. The van der Waals surface area contributed by atoms with Gasteiger partial charge < -0.3 is 19.9 Å². The van der Waals surface area contributed by atoms with E-state index in [1.165, 1.54) is 6.21 Å². The molecule has 0 aliphatic carbocycles. The monoisotopic (exact) mass is 546 g/mol. The number of carboxylic acids is 1. The molecule has 11 heteroatoms. The van der Waals surface area contributed by atoms with Crippen molar-refractivity contribution < 1.29 is 29.0 Å². The Bertz CT molecular complexity index is 1340. The fourth-order valence-electron chi connectivity index (χ4n) is 3.68. The number of nitrogens with zero attached hydrogens (tertiary/aromatic N) is 3. The molecule has 0 saturated carbocycles. The molecular formula is C28H26N4O6S. The molecule has 0 radical (unpaired) electrons. The highest BCUT2D eigenvalue weighted by molar-refractivity contribution is 8.15. The topological polar surface area (TPSA) is 130 Å². The molecular weight excluding hydrogens is 520 g/mol. The SMILES string of the molecule is CCOc1cc(C=NN=C2NC(=O)C(CC(=O)O)S2)ccc1OCC(=O)N(c1ccccc1)c1ccccc1. The van der Waals surface area contributed by atoms with Gasteiger partial charge in [-0.05, 0) is 55.0 Å². The van der Waals surface area contributed by atoms with Crippen molar-refractivity contribution in [3.8, 4) is 11.5 Å². The number of amidine groups is 1. The van der Waals surface area contributed by atoms with Crippen LogP contribution in [0.15, 0.2) is 89.1 Å². The maximum Gasteiger partial charge on any atom is 0.305 e. The van der Waals surface area contributed by atoms with Crippen molar-refractivity contribution in [2.24, 2.45) is 10.2 Å². The Kier molecular flexibility index (Phi) is 9.30. The summed E-state index contributed by atoms with van der Waals surface area (Å²) in [7, 11) is 0. The number of rotatable bonds is 11. The van der Waals surface area contributed by atoms with Gasteiger partial charge in [-0.25, -0.2) is 0 Å². The lowest BCUT2D eigenvalue weighted by Crippen LogP contribution is -2.31. The molecule has 1 saturated heterocycles. The van der Waals surface area contributed by atoms with Gasteiger partial charge in [-0.1, -0.05) is 48.2 Å². The summed E-state index contributed by atoms with van der Waals surface area (Å²) in [6.45, 7) is 1.99. The Labute approximate surface area is 229 Å². The van der Waals surface area contributed by atoms with Crippen molar-refractivity contribution in [2.45, 2.75) is 18.6 Å². The van der Waals surface area contributed by atoms with Crippen LogP contribution in [0, 0.1) is 0 Å². The minimum Gasteiger partial charge on any atom is -0.490 e. The molecule has 1 aliphatic heterocycles. The average Bonchev–Trinajstić information content (AvgIpc) is 3.27. The molecule has 0 bridgehead atoms. The molecule has 1 aliphatic rings. The van der Waals surface area contributed by atoms with Crippen LogP contribution in [0.4, 0.5) is 11.4 Å². The molecule has 1 fully saturated rings. The lowest BCUT2D eigenvalue weighted by atomic mass is 10.2. The zero-order valence-corrected chi connectivity index (χ0v) is 21.8. The van der Waals surface area contributed by atoms with E-state index in [9.17, 15) is 14.4 Å². The first-order chi connectivity index (χ1) is 18.9. The fraction of sp³-hybridized carbons (Fsp3) is 0.179. The third-order valence-corrected chi connectivity index (χ3v) is 6.46. The number of carboxylic acid groups (broad SMARTS) is 1. The first kappa shape index (κ1) is 27.4. The first-order valence-electron chi connectivity index (χ1n) is 12.1. The number of aliphatic carboxylic acids is 1. The van der Waals surface area contributed by atoms with Gasteiger partial charge in [0.05, 0.1) is 19.2 Å². The number of thioether (sulfide) groups is 1. The maximum atomic E-state index is 13.3. The molecule has 3 aromatic carbocycles. The largest absolute Gasteiger partial charge is 0.490 e. The summed E-state index contributed by atoms with van der Waals surface area (Å²) in [5.74, 6) is -0.909. The third kappa shape index (κ3) is 7.45. The van der Waals surface area contributed by atoms with Gasteiger partial charge in [-0.2, -0.15) is 5.10 Å². The summed E-state index contributed by atoms with van der Waals surface area (Å²) in [4.78, 5) is 37.6. The van der Waals surface area contributed by atoms with Gasteiger partial charge >= 0.3 is 5.97 Å². The van der Waals surface area contributed by atoms with Crippen LogP contribution in [-0.4, -0.2) is 52.7 Å². The van der Waals surface area contributed by atoms with Crippen LogP contribution in [0.2, 0.25) is 0 Å². The Morgan fingerprint density at radius 2 is 1.67 bits per heavy atom. The predicted octanol–water partition coefficient (Wildman–Crippen LogP) is 4.23. The molecule has 1 unspecified atom stereocenters. The smallest absolute Gasteiger partial charge is 0.305 e. The number of nitrogens with one attached hydrogen (secondary N) is 1. The lowest BCUT2D eigenvalue weighted by Gasteiger charge is -2.23. The number of carbonyl (C=O) groups is 3. The summed E-state index contributed by atoms with van der Waals surface area (Å²) in [5, 5.41) is 18.8. The Morgan fingerprint density at radius 3 is 2.28 bits per heavy atom. The van der Waals surface area contributed by atoms with Crippen LogP contribution in [-0.2, 0) is 14.4 Å². The van der Waals surface area contributed by atoms with E-state index in [-0.39, 0.29) is 24.1 Å². The zero-order chi connectivity index (χ0) is 27.6. The molecule has 1 atom stereocenters. The molecule has 39 heavy (non-hydrogen) atoms. The van der Waals surface area contributed by atoms with Gasteiger partial charge in [0.25, 0.3) is 5.91 Å². The van der Waals surface area contributed by atoms with E-state index in [0.29, 0.717) is 23.7 Å². The summed E-state index contributed by atoms with van der Waals surface area (Å²) < 4.78 is 11.6. The van der Waals surface area contributed by atoms with Crippen molar-refractivity contribution in [1.29, 1.82) is 0 Å². The van der Waals surface area contributed by atoms with Gasteiger partial charge in [0.15, 0.2) is 23.3 Å². The molecule has 1 heterocycles. The first-order valence-corrected chi connectivity index (χ1v) is 13.0. The number of amides is 2. The lowest BCUT2D eigenvalue weighted by molar-refractivity contribution is -0.138. The summed E-state index contributed by atoms with van der Waals surface area (Å²) >= 11 is 1.02. The predicted molar refractivity (Wildman–Crippen MR) is 150 cm³/mol. The van der Waals surface area contributed by atoms with Gasteiger partial charge in [-0.15, -0.1) is 5.10 Å². The second kappa shape index (κ2) is 13.2. The van der Waals surface area contributed by atoms with Crippen molar-refractivity contribution in [3.63, 3.8) is 0 Å². The highest BCUT2D eigenvalue weighted by atomic mass is 32.2. The minimum absolute atomic E-state index is 0.223. The van der Waals surface area contributed by atoms with Gasteiger partial charge in [0.1, 0.15) is 5.25 Å². The summed E-state index contributed by atoms with van der Waals surface area (Å²) in [6.07, 6.45) is 1.17. The van der Waals surface area contributed by atoms with E-state index < -0.39 is 17.1 Å². The van der Waals surface area contributed by atoms with E-state index in [0.717, 1.165) is 23.1 Å². The van der Waals surface area contributed by atoms with Crippen LogP contribution < -0.4 is 19.7 Å². The van der Waals surface area contributed by atoms with E-state index in [1.807, 2.05) is 67.6 Å². The number of carbonyl (C=O) groups excluding carboxylic acids is 2. The van der Waals surface area contributed by atoms with Crippen molar-refractivity contribution in [2.75, 3.05) is 18.1 Å². The Hall–Kier alpha value is -4.64. The van der Waals surface area contributed by atoms with Crippen LogP contribution in [0.5, 0.6) is 11.5 Å². The van der Waals surface area contributed by atoms with Gasteiger partial charge in [0.2, 0.25) is 5.91 Å². The average molecular weight is 547 g/mol. The molecule has 2 amide bonds. The van der Waals surface area contributed by atoms with Gasteiger partial charge in [0, 0.05) is 11.4 Å². The Morgan fingerprint density at radius 1 is 1.00 bits per heavy atom. The second-order valence-corrected chi connectivity index (χ2v) is 9.36. The highest BCUT2D eigenvalue weighted by Crippen LogP contribution is 2.30. The van der Waals surface area contributed by atoms with Gasteiger partial charge in [-0.3, -0.25) is 19.3 Å². The van der Waals surface area contributed by atoms with E-state index in [4.69, 9.17) is 14.6 Å².